The van der Waals surface area contributed by atoms with E-state index in [1.165, 1.54) is 0 Å². The molecule has 2 heterocycles. The summed E-state index contributed by atoms with van der Waals surface area (Å²) >= 11 is 0. The average Bonchev–Trinajstić information content (AvgIpc) is 2.96. The first-order valence-electron chi connectivity index (χ1n) is 7.35. The summed E-state index contributed by atoms with van der Waals surface area (Å²) in [5.41, 5.74) is 1.99. The molecule has 1 aliphatic carbocycles. The summed E-state index contributed by atoms with van der Waals surface area (Å²) in [6.07, 6.45) is 0.758. The SMILES string of the molecule is O=C1Cc2cc3c(cc2C1)C(=O)N([C@H]1CCC(=O)NC1=O)C3=O. The number of hydrogen-bond donors (Lipinski definition) is 1. The van der Waals surface area contributed by atoms with E-state index in [-0.39, 0.29) is 42.6 Å². The Morgan fingerprint density at radius 1 is 0.913 bits per heavy atom. The zero-order valence-electron chi connectivity index (χ0n) is 12.0. The molecule has 0 bridgehead atoms. The first-order chi connectivity index (χ1) is 11.0. The van der Waals surface area contributed by atoms with Gasteiger partial charge in [0, 0.05) is 19.3 Å². The van der Waals surface area contributed by atoms with Gasteiger partial charge in [-0.3, -0.25) is 34.2 Å². The number of carbonyl (C=O) groups is 5. The molecule has 4 rings (SSSR count). The fraction of sp³-hybridized carbons (Fsp3) is 0.312. The van der Waals surface area contributed by atoms with Crippen LogP contribution >= 0.6 is 0 Å². The van der Waals surface area contributed by atoms with Crippen molar-refractivity contribution in [2.45, 2.75) is 31.7 Å². The number of amides is 4. The second-order valence-electron chi connectivity index (χ2n) is 6.01. The molecule has 7 heteroatoms. The van der Waals surface area contributed by atoms with Crippen LogP contribution in [0.3, 0.4) is 0 Å². The van der Waals surface area contributed by atoms with E-state index >= 15 is 0 Å². The predicted octanol–water partition coefficient (Wildman–Crippen LogP) is -0.244. The van der Waals surface area contributed by atoms with Crippen molar-refractivity contribution in [3.8, 4) is 0 Å². The fourth-order valence-electron chi connectivity index (χ4n) is 3.42. The zero-order valence-corrected chi connectivity index (χ0v) is 12.0. The highest BCUT2D eigenvalue weighted by atomic mass is 16.2. The molecule has 1 N–H and O–H groups in total. The predicted molar refractivity (Wildman–Crippen MR) is 75.5 cm³/mol. The second-order valence-corrected chi connectivity index (χ2v) is 6.01. The molecule has 116 valence electrons. The van der Waals surface area contributed by atoms with Gasteiger partial charge in [0.05, 0.1) is 11.1 Å². The van der Waals surface area contributed by atoms with Crippen LogP contribution in [0.5, 0.6) is 0 Å². The molecule has 1 aromatic carbocycles. The van der Waals surface area contributed by atoms with Gasteiger partial charge >= 0.3 is 0 Å². The monoisotopic (exact) mass is 312 g/mol. The number of Topliss-reactive ketones (excluding diaryl/α,β-unsaturated/α-hetero) is 1. The molecule has 3 aliphatic rings. The van der Waals surface area contributed by atoms with Gasteiger partial charge in [0.2, 0.25) is 11.8 Å². The molecular formula is C16H12N2O5. The lowest BCUT2D eigenvalue weighted by atomic mass is 10.0. The summed E-state index contributed by atoms with van der Waals surface area (Å²) in [7, 11) is 0. The molecule has 1 atom stereocenters. The van der Waals surface area contributed by atoms with Gasteiger partial charge in [-0.1, -0.05) is 0 Å². The van der Waals surface area contributed by atoms with E-state index in [1.54, 1.807) is 12.1 Å². The maximum Gasteiger partial charge on any atom is 0.262 e. The molecule has 1 fully saturated rings. The number of nitrogens with zero attached hydrogens (tertiary/aromatic N) is 1. The highest BCUT2D eigenvalue weighted by molar-refractivity contribution is 6.23. The molecule has 0 radical (unpaired) electrons. The number of rotatable bonds is 1. The molecule has 4 amide bonds. The van der Waals surface area contributed by atoms with Gasteiger partial charge in [-0.2, -0.15) is 0 Å². The van der Waals surface area contributed by atoms with E-state index < -0.39 is 29.7 Å². The lowest BCUT2D eigenvalue weighted by Gasteiger charge is -2.27. The van der Waals surface area contributed by atoms with Crippen LogP contribution in [-0.4, -0.2) is 40.4 Å². The van der Waals surface area contributed by atoms with Crippen LogP contribution in [-0.2, 0) is 27.2 Å². The van der Waals surface area contributed by atoms with E-state index in [2.05, 4.69) is 5.32 Å². The third kappa shape index (κ3) is 1.93. The maximum atomic E-state index is 12.6. The molecule has 23 heavy (non-hydrogen) atoms. The number of piperidine rings is 1. The highest BCUT2D eigenvalue weighted by Crippen LogP contribution is 2.32. The Morgan fingerprint density at radius 2 is 1.48 bits per heavy atom. The number of carbonyl (C=O) groups excluding carboxylic acids is 5. The Hall–Kier alpha value is -2.83. The molecule has 1 aromatic rings. The summed E-state index contributed by atoms with van der Waals surface area (Å²) in [4.78, 5) is 60.8. The molecule has 0 saturated carbocycles. The van der Waals surface area contributed by atoms with Crippen molar-refractivity contribution in [1.29, 1.82) is 0 Å². The average molecular weight is 312 g/mol. The van der Waals surface area contributed by atoms with Gasteiger partial charge in [0.1, 0.15) is 11.8 Å². The summed E-state index contributed by atoms with van der Waals surface area (Å²) in [6.45, 7) is 0. The van der Waals surface area contributed by atoms with Gasteiger partial charge in [-0.25, -0.2) is 0 Å². The van der Waals surface area contributed by atoms with E-state index in [1.807, 2.05) is 0 Å². The molecule has 0 unspecified atom stereocenters. The number of fused-ring (bicyclic) bond motifs is 2. The third-order valence-corrected chi connectivity index (χ3v) is 4.54. The van der Waals surface area contributed by atoms with Crippen LogP contribution in [0, 0.1) is 0 Å². The van der Waals surface area contributed by atoms with E-state index in [4.69, 9.17) is 0 Å². The number of benzene rings is 1. The third-order valence-electron chi connectivity index (χ3n) is 4.54. The zero-order chi connectivity index (χ0) is 16.3. The minimum absolute atomic E-state index is 0.0607. The Labute approximate surface area is 130 Å². The van der Waals surface area contributed by atoms with Crippen molar-refractivity contribution >= 4 is 29.4 Å². The molecule has 0 aromatic heterocycles. The summed E-state index contributed by atoms with van der Waals surface area (Å²) in [5.74, 6) is -2.05. The highest BCUT2D eigenvalue weighted by Gasteiger charge is 2.45. The van der Waals surface area contributed by atoms with Crippen LogP contribution in [0.25, 0.3) is 0 Å². The topological polar surface area (TPSA) is 101 Å². The van der Waals surface area contributed by atoms with Crippen molar-refractivity contribution in [3.05, 3.63) is 34.4 Å². The summed E-state index contributed by atoms with van der Waals surface area (Å²) in [5, 5.41) is 2.16. The Kier molecular flexibility index (Phi) is 2.75. The minimum Gasteiger partial charge on any atom is -0.299 e. The maximum absolute atomic E-state index is 12.6. The second kappa shape index (κ2) is 4.58. The first kappa shape index (κ1) is 13.8. The summed E-state index contributed by atoms with van der Waals surface area (Å²) in [6, 6.07) is 2.21. The van der Waals surface area contributed by atoms with Crippen molar-refractivity contribution in [1.82, 2.24) is 10.2 Å². The quantitative estimate of drug-likeness (QED) is 0.721. The van der Waals surface area contributed by atoms with Gasteiger partial charge in [-0.15, -0.1) is 0 Å². The molecule has 1 saturated heterocycles. The number of hydrogen-bond acceptors (Lipinski definition) is 5. The minimum atomic E-state index is -0.962. The van der Waals surface area contributed by atoms with Crippen molar-refractivity contribution in [2.75, 3.05) is 0 Å². The Balaban J connectivity index is 1.72. The van der Waals surface area contributed by atoms with Crippen LogP contribution in [0.15, 0.2) is 12.1 Å². The van der Waals surface area contributed by atoms with Gasteiger partial charge in [0.15, 0.2) is 0 Å². The van der Waals surface area contributed by atoms with Crippen LogP contribution in [0.4, 0.5) is 0 Å². The Morgan fingerprint density at radius 3 is 2.00 bits per heavy atom. The van der Waals surface area contributed by atoms with Gasteiger partial charge in [0.25, 0.3) is 11.8 Å². The van der Waals surface area contributed by atoms with Crippen LogP contribution in [0.2, 0.25) is 0 Å². The van der Waals surface area contributed by atoms with Crippen LogP contribution in [0.1, 0.15) is 44.7 Å². The van der Waals surface area contributed by atoms with Gasteiger partial charge < -0.3 is 0 Å². The number of ketones is 1. The number of imide groups is 2. The molecular weight excluding hydrogens is 300 g/mol. The fourth-order valence-corrected chi connectivity index (χ4v) is 3.42. The van der Waals surface area contributed by atoms with Crippen molar-refractivity contribution < 1.29 is 24.0 Å². The lowest BCUT2D eigenvalue weighted by molar-refractivity contribution is -0.136. The van der Waals surface area contributed by atoms with E-state index in [0.717, 1.165) is 16.0 Å². The number of nitrogens with one attached hydrogen (secondary N) is 1. The largest absolute Gasteiger partial charge is 0.299 e. The Bertz CT molecular complexity index is 779. The molecule has 2 aliphatic heterocycles. The van der Waals surface area contributed by atoms with Crippen molar-refractivity contribution in [3.63, 3.8) is 0 Å². The normalized spacial score (nSPS) is 23.2. The van der Waals surface area contributed by atoms with Gasteiger partial charge in [-0.05, 0) is 29.7 Å². The summed E-state index contributed by atoms with van der Waals surface area (Å²) < 4.78 is 0. The molecule has 7 nitrogen and oxygen atoms in total. The first-order valence-corrected chi connectivity index (χ1v) is 7.35. The standard InChI is InChI=1S/C16H12N2O5/c19-9-3-7-5-10-11(6-8(7)4-9)16(23)18(15(10)22)12-1-2-13(20)17-14(12)21/h5-6,12H,1-4H2,(H,17,20,21)/t12-/m0/s1. The van der Waals surface area contributed by atoms with Crippen LogP contribution < -0.4 is 5.32 Å². The van der Waals surface area contributed by atoms with Crippen molar-refractivity contribution in [2.24, 2.45) is 0 Å². The lowest BCUT2D eigenvalue weighted by Crippen LogP contribution is -2.54. The smallest absolute Gasteiger partial charge is 0.262 e. The van der Waals surface area contributed by atoms with E-state index in [9.17, 15) is 24.0 Å². The molecule has 0 spiro atoms. The van der Waals surface area contributed by atoms with E-state index in [0.29, 0.717) is 0 Å².